The molecule has 0 spiro atoms. The van der Waals surface area contributed by atoms with E-state index in [-0.39, 0.29) is 11.4 Å². The molecule has 6 nitrogen and oxygen atoms in total. The van der Waals surface area contributed by atoms with E-state index in [0.29, 0.717) is 5.75 Å². The van der Waals surface area contributed by atoms with E-state index in [9.17, 15) is 8.42 Å². The number of aromatic amines is 1. The second-order valence-electron chi connectivity index (χ2n) is 4.75. The molecule has 0 aliphatic carbocycles. The molecule has 0 amide bonds. The van der Waals surface area contributed by atoms with Gasteiger partial charge in [-0.3, -0.25) is 0 Å². The highest BCUT2D eigenvalue weighted by Gasteiger charge is 2.13. The molecule has 0 radical (unpaired) electrons. The number of sulfonamides is 1. The zero-order valence-electron chi connectivity index (χ0n) is 11.9. The summed E-state index contributed by atoms with van der Waals surface area (Å²) in [5, 5.41) is 0. The number of nitrogens with one attached hydrogen (secondary N) is 2. The molecule has 2 aromatic carbocycles. The largest absolute Gasteiger partial charge is 0.497 e. The van der Waals surface area contributed by atoms with Crippen molar-refractivity contribution in [2.75, 3.05) is 7.11 Å². The average Bonchev–Trinajstić information content (AvgIpc) is 3.01. The van der Waals surface area contributed by atoms with Crippen LogP contribution >= 0.6 is 0 Å². The molecule has 0 aliphatic rings. The quantitative estimate of drug-likeness (QED) is 0.754. The van der Waals surface area contributed by atoms with Gasteiger partial charge >= 0.3 is 0 Å². The Kier molecular flexibility index (Phi) is 3.82. The number of hydrogen-bond donors (Lipinski definition) is 2. The Bertz CT molecular complexity index is 886. The molecule has 0 saturated carbocycles. The third-order valence-corrected chi connectivity index (χ3v) is 4.74. The fourth-order valence-corrected chi connectivity index (χ4v) is 3.13. The fraction of sp³-hybridized carbons (Fsp3) is 0.133. The first-order valence-corrected chi connectivity index (χ1v) is 8.12. The molecular formula is C15H15N3O3S. The van der Waals surface area contributed by atoms with Crippen molar-refractivity contribution < 1.29 is 13.2 Å². The zero-order valence-corrected chi connectivity index (χ0v) is 12.7. The molecule has 0 saturated heterocycles. The summed E-state index contributed by atoms with van der Waals surface area (Å²) >= 11 is 0. The number of rotatable bonds is 5. The highest BCUT2D eigenvalue weighted by Crippen LogP contribution is 2.16. The van der Waals surface area contributed by atoms with Crippen molar-refractivity contribution in [2.24, 2.45) is 0 Å². The summed E-state index contributed by atoms with van der Waals surface area (Å²) in [6, 6.07) is 11.8. The van der Waals surface area contributed by atoms with Crippen LogP contribution in [-0.4, -0.2) is 25.5 Å². The van der Waals surface area contributed by atoms with Crippen LogP contribution in [0.3, 0.4) is 0 Å². The van der Waals surface area contributed by atoms with Gasteiger partial charge in [-0.25, -0.2) is 18.1 Å². The first-order chi connectivity index (χ1) is 10.6. The number of fused-ring (bicyclic) bond motifs is 1. The summed E-state index contributed by atoms with van der Waals surface area (Å²) < 4.78 is 32.1. The highest BCUT2D eigenvalue weighted by atomic mass is 32.2. The number of imidazole rings is 1. The van der Waals surface area contributed by atoms with E-state index in [1.165, 1.54) is 19.2 Å². The molecule has 0 bridgehead atoms. The van der Waals surface area contributed by atoms with E-state index < -0.39 is 10.0 Å². The van der Waals surface area contributed by atoms with Crippen molar-refractivity contribution in [3.63, 3.8) is 0 Å². The molecule has 1 heterocycles. The van der Waals surface area contributed by atoms with Crippen molar-refractivity contribution in [3.05, 3.63) is 54.4 Å². The van der Waals surface area contributed by atoms with Crippen LogP contribution < -0.4 is 9.46 Å². The topological polar surface area (TPSA) is 84.1 Å². The van der Waals surface area contributed by atoms with Crippen LogP contribution in [0, 0.1) is 0 Å². The second kappa shape index (κ2) is 5.78. The summed E-state index contributed by atoms with van der Waals surface area (Å²) in [5.74, 6) is 0.614. The molecule has 0 atom stereocenters. The maximum Gasteiger partial charge on any atom is 0.240 e. The summed E-state index contributed by atoms with van der Waals surface area (Å²) in [7, 11) is -2.02. The van der Waals surface area contributed by atoms with Gasteiger partial charge in [-0.1, -0.05) is 6.07 Å². The van der Waals surface area contributed by atoms with Crippen LogP contribution in [0.1, 0.15) is 5.56 Å². The highest BCUT2D eigenvalue weighted by molar-refractivity contribution is 7.89. The summed E-state index contributed by atoms with van der Waals surface area (Å²) in [6.07, 6.45) is 1.61. The smallest absolute Gasteiger partial charge is 0.240 e. The van der Waals surface area contributed by atoms with E-state index >= 15 is 0 Å². The molecular weight excluding hydrogens is 302 g/mol. The van der Waals surface area contributed by atoms with Gasteiger partial charge in [0.1, 0.15) is 5.75 Å². The predicted octanol–water partition coefficient (Wildman–Crippen LogP) is 2.05. The molecule has 0 aliphatic heterocycles. The Balaban J connectivity index is 1.75. The number of ether oxygens (including phenoxy) is 1. The zero-order chi connectivity index (χ0) is 15.6. The van der Waals surface area contributed by atoms with Crippen LogP contribution in [0.5, 0.6) is 5.75 Å². The standard InChI is InChI=1S/C15H15N3O3S/c1-21-12-3-5-13(6-4-12)22(19,20)18-9-11-2-7-14-15(8-11)17-10-16-14/h2-8,10,18H,9H2,1H3,(H,16,17). The summed E-state index contributed by atoms with van der Waals surface area (Å²) in [5.41, 5.74) is 2.58. The van der Waals surface area contributed by atoms with Gasteiger partial charge in [0, 0.05) is 6.54 Å². The molecule has 22 heavy (non-hydrogen) atoms. The predicted molar refractivity (Wildman–Crippen MR) is 83.1 cm³/mol. The number of H-pyrrole nitrogens is 1. The Morgan fingerprint density at radius 3 is 2.68 bits per heavy atom. The second-order valence-corrected chi connectivity index (χ2v) is 6.52. The van der Waals surface area contributed by atoms with Crippen molar-refractivity contribution in [1.82, 2.24) is 14.7 Å². The minimum Gasteiger partial charge on any atom is -0.497 e. The van der Waals surface area contributed by atoms with Crippen LogP contribution in [0.2, 0.25) is 0 Å². The van der Waals surface area contributed by atoms with Crippen LogP contribution in [0.15, 0.2) is 53.7 Å². The van der Waals surface area contributed by atoms with Gasteiger partial charge in [-0.05, 0) is 42.0 Å². The number of nitrogens with zero attached hydrogens (tertiary/aromatic N) is 1. The van der Waals surface area contributed by atoms with E-state index in [2.05, 4.69) is 14.7 Å². The van der Waals surface area contributed by atoms with Crippen LogP contribution in [-0.2, 0) is 16.6 Å². The first-order valence-electron chi connectivity index (χ1n) is 6.64. The van der Waals surface area contributed by atoms with E-state index in [1.54, 1.807) is 18.5 Å². The van der Waals surface area contributed by atoms with E-state index in [4.69, 9.17) is 4.74 Å². The lowest BCUT2D eigenvalue weighted by atomic mass is 10.2. The Morgan fingerprint density at radius 2 is 1.95 bits per heavy atom. The lowest BCUT2D eigenvalue weighted by molar-refractivity contribution is 0.414. The lowest BCUT2D eigenvalue weighted by Gasteiger charge is -2.08. The van der Waals surface area contributed by atoms with Gasteiger partial charge in [0.2, 0.25) is 10.0 Å². The maximum atomic E-state index is 12.2. The molecule has 7 heteroatoms. The molecule has 0 unspecified atom stereocenters. The minimum absolute atomic E-state index is 0.205. The third kappa shape index (κ3) is 2.95. The molecule has 3 aromatic rings. The molecule has 1 aromatic heterocycles. The van der Waals surface area contributed by atoms with E-state index in [1.807, 2.05) is 18.2 Å². The average molecular weight is 317 g/mol. The molecule has 3 rings (SSSR count). The van der Waals surface area contributed by atoms with Crippen molar-refractivity contribution in [3.8, 4) is 5.75 Å². The van der Waals surface area contributed by atoms with Gasteiger partial charge in [0.15, 0.2) is 0 Å². The van der Waals surface area contributed by atoms with Gasteiger partial charge in [0.05, 0.1) is 29.4 Å². The van der Waals surface area contributed by atoms with Gasteiger partial charge in [-0.15, -0.1) is 0 Å². The Labute approximate surface area is 128 Å². The van der Waals surface area contributed by atoms with Crippen LogP contribution in [0.25, 0.3) is 11.0 Å². The first kappa shape index (κ1) is 14.6. The molecule has 114 valence electrons. The van der Waals surface area contributed by atoms with Crippen molar-refractivity contribution in [2.45, 2.75) is 11.4 Å². The van der Waals surface area contributed by atoms with Gasteiger partial charge in [-0.2, -0.15) is 0 Å². The lowest BCUT2D eigenvalue weighted by Crippen LogP contribution is -2.23. The maximum absolute atomic E-state index is 12.2. The normalized spacial score (nSPS) is 11.7. The van der Waals surface area contributed by atoms with Crippen molar-refractivity contribution >= 4 is 21.1 Å². The van der Waals surface area contributed by atoms with Gasteiger partial charge in [0.25, 0.3) is 0 Å². The third-order valence-electron chi connectivity index (χ3n) is 3.32. The number of aromatic nitrogens is 2. The minimum atomic E-state index is -3.55. The van der Waals surface area contributed by atoms with E-state index in [0.717, 1.165) is 16.6 Å². The molecule has 0 fully saturated rings. The van der Waals surface area contributed by atoms with Crippen LogP contribution in [0.4, 0.5) is 0 Å². The summed E-state index contributed by atoms with van der Waals surface area (Å²) in [6.45, 7) is 0.212. The number of methoxy groups -OCH3 is 1. The number of benzene rings is 2. The fourth-order valence-electron chi connectivity index (χ4n) is 2.11. The Hall–Kier alpha value is -2.38. The number of hydrogen-bond acceptors (Lipinski definition) is 4. The van der Waals surface area contributed by atoms with Crippen molar-refractivity contribution in [1.29, 1.82) is 0 Å². The SMILES string of the molecule is COc1ccc(S(=O)(=O)NCc2ccc3nc[nH]c3c2)cc1. The molecule has 2 N–H and O–H groups in total. The monoisotopic (exact) mass is 317 g/mol. The van der Waals surface area contributed by atoms with Gasteiger partial charge < -0.3 is 9.72 Å². The Morgan fingerprint density at radius 1 is 1.18 bits per heavy atom. The summed E-state index contributed by atoms with van der Waals surface area (Å²) in [4.78, 5) is 7.33.